The highest BCUT2D eigenvalue weighted by molar-refractivity contribution is 6.41. The van der Waals surface area contributed by atoms with Gasteiger partial charge < -0.3 is 5.32 Å². The monoisotopic (exact) mass is 406 g/mol. The molecule has 26 heavy (non-hydrogen) atoms. The highest BCUT2D eigenvalue weighted by atomic mass is 35.5. The summed E-state index contributed by atoms with van der Waals surface area (Å²) >= 11 is 18.9. The van der Waals surface area contributed by atoms with Crippen molar-refractivity contribution in [3.05, 3.63) is 68.8 Å². The number of hydrogen-bond donors (Lipinski definition) is 1. The van der Waals surface area contributed by atoms with E-state index in [0.717, 1.165) is 5.56 Å². The van der Waals surface area contributed by atoms with Crippen molar-refractivity contribution < 1.29 is 4.79 Å². The number of benzene rings is 2. The second kappa shape index (κ2) is 7.07. The van der Waals surface area contributed by atoms with Gasteiger partial charge in [0.25, 0.3) is 5.91 Å². The number of anilines is 1. The van der Waals surface area contributed by atoms with Gasteiger partial charge in [-0.1, -0.05) is 61.6 Å². The van der Waals surface area contributed by atoms with E-state index < -0.39 is 0 Å². The molecule has 0 aliphatic rings. The maximum atomic E-state index is 12.8. The van der Waals surface area contributed by atoms with Crippen LogP contribution < -0.4 is 5.32 Å². The third-order valence-corrected chi connectivity index (χ3v) is 5.04. The number of pyridine rings is 1. The molecule has 1 aromatic heterocycles. The lowest BCUT2D eigenvalue weighted by molar-refractivity contribution is 0.102. The maximum absolute atomic E-state index is 12.8. The smallest absolute Gasteiger partial charge is 0.257 e. The normalized spacial score (nSPS) is 11.6. The van der Waals surface area contributed by atoms with Crippen molar-refractivity contribution in [2.24, 2.45) is 0 Å². The molecule has 134 valence electrons. The van der Waals surface area contributed by atoms with E-state index >= 15 is 0 Å². The van der Waals surface area contributed by atoms with Gasteiger partial charge in [-0.05, 0) is 41.3 Å². The van der Waals surface area contributed by atoms with Crippen molar-refractivity contribution in [3.8, 4) is 0 Å². The van der Waals surface area contributed by atoms with Gasteiger partial charge in [-0.15, -0.1) is 0 Å². The predicted octanol–water partition coefficient (Wildman–Crippen LogP) is 6.74. The number of amides is 1. The Morgan fingerprint density at radius 3 is 2.38 bits per heavy atom. The summed E-state index contributed by atoms with van der Waals surface area (Å²) in [6, 6.07) is 10.6. The summed E-state index contributed by atoms with van der Waals surface area (Å²) in [6.45, 7) is 6.26. The number of nitrogens with one attached hydrogen (secondary N) is 1. The van der Waals surface area contributed by atoms with Crippen LogP contribution in [-0.2, 0) is 5.41 Å². The fourth-order valence-corrected chi connectivity index (χ4v) is 3.47. The van der Waals surface area contributed by atoms with Gasteiger partial charge in [-0.2, -0.15) is 0 Å². The third kappa shape index (κ3) is 3.66. The van der Waals surface area contributed by atoms with Gasteiger partial charge in [0, 0.05) is 11.6 Å². The SMILES string of the molecule is CC(C)(C)c1ccc(C(=O)Nc2c(Cl)cc(Cl)c3cccnc23)c(Cl)c1. The molecule has 1 amide bonds. The Labute approximate surface area is 167 Å². The maximum Gasteiger partial charge on any atom is 0.257 e. The molecule has 0 bridgehead atoms. The molecule has 0 atom stereocenters. The van der Waals surface area contributed by atoms with E-state index in [2.05, 4.69) is 31.1 Å². The number of carbonyl (C=O) groups is 1. The predicted molar refractivity (Wildman–Crippen MR) is 110 cm³/mol. The zero-order valence-electron chi connectivity index (χ0n) is 14.5. The van der Waals surface area contributed by atoms with E-state index in [1.54, 1.807) is 24.4 Å². The van der Waals surface area contributed by atoms with Crippen LogP contribution in [0.2, 0.25) is 15.1 Å². The first-order valence-electron chi connectivity index (χ1n) is 8.02. The van der Waals surface area contributed by atoms with Crippen LogP contribution in [0.25, 0.3) is 10.9 Å². The molecule has 0 aliphatic heterocycles. The quantitative estimate of drug-likeness (QED) is 0.511. The molecular weight excluding hydrogens is 391 g/mol. The summed E-state index contributed by atoms with van der Waals surface area (Å²) < 4.78 is 0. The summed E-state index contributed by atoms with van der Waals surface area (Å²) in [5.41, 5.74) is 2.30. The molecule has 6 heteroatoms. The topological polar surface area (TPSA) is 42.0 Å². The molecule has 0 unspecified atom stereocenters. The minimum atomic E-state index is -0.355. The van der Waals surface area contributed by atoms with Crippen molar-refractivity contribution in [2.75, 3.05) is 5.32 Å². The highest BCUT2D eigenvalue weighted by Crippen LogP contribution is 2.36. The van der Waals surface area contributed by atoms with Crippen molar-refractivity contribution in [1.29, 1.82) is 0 Å². The second-order valence-corrected chi connectivity index (χ2v) is 8.24. The molecule has 0 saturated heterocycles. The summed E-state index contributed by atoms with van der Waals surface area (Å²) in [7, 11) is 0. The van der Waals surface area contributed by atoms with Gasteiger partial charge >= 0.3 is 0 Å². The van der Waals surface area contributed by atoms with Crippen LogP contribution in [0.5, 0.6) is 0 Å². The Bertz CT molecular complexity index is 1010. The zero-order valence-corrected chi connectivity index (χ0v) is 16.8. The lowest BCUT2D eigenvalue weighted by Gasteiger charge is -2.20. The van der Waals surface area contributed by atoms with Crippen molar-refractivity contribution >= 4 is 57.3 Å². The molecule has 0 aliphatic carbocycles. The highest BCUT2D eigenvalue weighted by Gasteiger charge is 2.19. The Morgan fingerprint density at radius 1 is 1.00 bits per heavy atom. The molecule has 3 rings (SSSR count). The minimum Gasteiger partial charge on any atom is -0.319 e. The molecule has 0 fully saturated rings. The fourth-order valence-electron chi connectivity index (χ4n) is 2.64. The summed E-state index contributed by atoms with van der Waals surface area (Å²) in [4.78, 5) is 17.1. The van der Waals surface area contributed by atoms with E-state index in [9.17, 15) is 4.79 Å². The zero-order chi connectivity index (χ0) is 19.1. The fraction of sp³-hybridized carbons (Fsp3) is 0.200. The first-order valence-corrected chi connectivity index (χ1v) is 9.16. The van der Waals surface area contributed by atoms with Crippen molar-refractivity contribution in [2.45, 2.75) is 26.2 Å². The Balaban J connectivity index is 2.00. The lowest BCUT2D eigenvalue weighted by Crippen LogP contribution is -2.15. The average Bonchev–Trinajstić information content (AvgIpc) is 2.57. The van der Waals surface area contributed by atoms with Crippen LogP contribution >= 0.6 is 34.8 Å². The van der Waals surface area contributed by atoms with Crippen molar-refractivity contribution in [3.63, 3.8) is 0 Å². The number of aromatic nitrogens is 1. The van der Waals surface area contributed by atoms with Crippen LogP contribution in [0.15, 0.2) is 42.6 Å². The molecule has 3 aromatic rings. The number of nitrogens with zero attached hydrogens (tertiary/aromatic N) is 1. The Morgan fingerprint density at radius 2 is 1.73 bits per heavy atom. The molecule has 1 N–H and O–H groups in total. The van der Waals surface area contributed by atoms with Crippen LogP contribution in [0.4, 0.5) is 5.69 Å². The summed E-state index contributed by atoms with van der Waals surface area (Å²) in [5, 5.41) is 4.71. The number of rotatable bonds is 2. The van der Waals surface area contributed by atoms with Gasteiger partial charge in [0.05, 0.1) is 31.8 Å². The number of carbonyl (C=O) groups excluding carboxylic acids is 1. The lowest BCUT2D eigenvalue weighted by atomic mass is 9.86. The van der Waals surface area contributed by atoms with Gasteiger partial charge in [0.1, 0.15) is 0 Å². The molecule has 0 spiro atoms. The molecule has 1 heterocycles. The van der Waals surface area contributed by atoms with Gasteiger partial charge in [-0.25, -0.2) is 0 Å². The number of fused-ring (bicyclic) bond motifs is 1. The van der Waals surface area contributed by atoms with E-state index in [4.69, 9.17) is 34.8 Å². The van der Waals surface area contributed by atoms with E-state index in [0.29, 0.717) is 37.2 Å². The first-order chi connectivity index (χ1) is 12.2. The average molecular weight is 408 g/mol. The largest absolute Gasteiger partial charge is 0.319 e. The van der Waals surface area contributed by atoms with Gasteiger partial charge in [-0.3, -0.25) is 9.78 Å². The molecule has 0 saturated carbocycles. The molecule has 0 radical (unpaired) electrons. The first kappa shape index (κ1) is 19.0. The number of hydrogen-bond acceptors (Lipinski definition) is 2. The van der Waals surface area contributed by atoms with Crippen LogP contribution in [0, 0.1) is 0 Å². The molecule has 2 aromatic carbocycles. The van der Waals surface area contributed by atoms with Gasteiger partial charge in [0.2, 0.25) is 0 Å². The Kier molecular flexibility index (Phi) is 5.16. The van der Waals surface area contributed by atoms with Crippen LogP contribution in [0.1, 0.15) is 36.7 Å². The van der Waals surface area contributed by atoms with E-state index in [-0.39, 0.29) is 11.3 Å². The van der Waals surface area contributed by atoms with Crippen LogP contribution in [-0.4, -0.2) is 10.9 Å². The summed E-state index contributed by atoms with van der Waals surface area (Å²) in [5.74, 6) is -0.355. The Hall–Kier alpha value is -1.81. The van der Waals surface area contributed by atoms with E-state index in [1.807, 2.05) is 18.2 Å². The third-order valence-electron chi connectivity index (χ3n) is 4.11. The standard InChI is InChI=1S/C20H17Cl3N2O/c1-20(2,3)11-6-7-13(14(21)9-11)19(26)25-18-16(23)10-15(22)12-5-4-8-24-17(12)18/h4-10H,1-3H3,(H,25,26). The number of halogens is 3. The van der Waals surface area contributed by atoms with Crippen molar-refractivity contribution in [1.82, 2.24) is 4.98 Å². The summed E-state index contributed by atoms with van der Waals surface area (Å²) in [6.07, 6.45) is 1.62. The second-order valence-electron chi connectivity index (χ2n) is 7.01. The molecule has 3 nitrogen and oxygen atoms in total. The van der Waals surface area contributed by atoms with Gasteiger partial charge in [0.15, 0.2) is 0 Å². The minimum absolute atomic E-state index is 0.0573. The van der Waals surface area contributed by atoms with E-state index in [1.165, 1.54) is 0 Å². The van der Waals surface area contributed by atoms with Crippen LogP contribution in [0.3, 0.4) is 0 Å². The molecular formula is C20H17Cl3N2O.